The summed E-state index contributed by atoms with van der Waals surface area (Å²) >= 11 is 0. The highest BCUT2D eigenvalue weighted by Crippen LogP contribution is 2.65. The molecule has 9 heteroatoms. The number of carbonyl (C=O) groups excluding carboxylic acids is 1. The van der Waals surface area contributed by atoms with Gasteiger partial charge >= 0.3 is 6.09 Å². The third-order valence-electron chi connectivity index (χ3n) is 3.89. The first-order chi connectivity index (χ1) is 11.4. The van der Waals surface area contributed by atoms with Gasteiger partial charge in [0.15, 0.2) is 0 Å². The van der Waals surface area contributed by atoms with Gasteiger partial charge in [0.25, 0.3) is 7.37 Å². The molecule has 0 bridgehead atoms. The zero-order chi connectivity index (χ0) is 18.2. The van der Waals surface area contributed by atoms with E-state index in [0.29, 0.717) is 0 Å². The maximum atomic E-state index is 13.5. The van der Waals surface area contributed by atoms with Crippen LogP contribution in [0.25, 0.3) is 0 Å². The number of rotatable bonds is 9. The Labute approximate surface area is 143 Å². The largest absolute Gasteiger partial charge is 0.450 e. The molecule has 0 aromatic rings. The van der Waals surface area contributed by atoms with Gasteiger partial charge < -0.3 is 28.7 Å². The van der Waals surface area contributed by atoms with Gasteiger partial charge in [0.05, 0.1) is 13.2 Å². The van der Waals surface area contributed by atoms with Gasteiger partial charge in [0, 0.05) is 39.1 Å². The van der Waals surface area contributed by atoms with E-state index in [4.69, 9.17) is 18.7 Å². The topological polar surface area (TPSA) is 94.5 Å². The molecule has 0 saturated carbocycles. The standard InChI is InChI=1S/C15H30NO7P/c1-5-20-13(17)16-11-9-15(18,10-12-16)24(19,23-8-4)14(21-6-2)22-7-3/h14,18H,5-12H2,1-4H3. The van der Waals surface area contributed by atoms with Crippen LogP contribution in [-0.4, -0.2) is 67.0 Å². The van der Waals surface area contributed by atoms with Crippen LogP contribution in [0.15, 0.2) is 0 Å². The number of carbonyl (C=O) groups is 1. The van der Waals surface area contributed by atoms with Crippen LogP contribution >= 0.6 is 7.37 Å². The Kier molecular flexibility index (Phi) is 8.67. The molecule has 24 heavy (non-hydrogen) atoms. The highest BCUT2D eigenvalue weighted by molar-refractivity contribution is 7.60. The molecule has 0 aromatic heterocycles. The lowest BCUT2D eigenvalue weighted by Crippen LogP contribution is -2.48. The van der Waals surface area contributed by atoms with Crippen LogP contribution in [0.1, 0.15) is 40.5 Å². The van der Waals surface area contributed by atoms with Crippen molar-refractivity contribution in [3.05, 3.63) is 0 Å². The van der Waals surface area contributed by atoms with Gasteiger partial charge in [-0.05, 0) is 27.7 Å². The molecular formula is C15H30NO7P. The number of likely N-dealkylation sites (tertiary alicyclic amines) is 1. The van der Waals surface area contributed by atoms with Gasteiger partial charge in [-0.2, -0.15) is 0 Å². The maximum absolute atomic E-state index is 13.5. The zero-order valence-electron chi connectivity index (χ0n) is 15.0. The fourth-order valence-corrected chi connectivity index (χ4v) is 5.32. The van der Waals surface area contributed by atoms with Crippen molar-refractivity contribution < 1.29 is 33.2 Å². The van der Waals surface area contributed by atoms with Gasteiger partial charge in [0.1, 0.15) is 5.34 Å². The van der Waals surface area contributed by atoms with Gasteiger partial charge in [-0.1, -0.05) is 0 Å². The van der Waals surface area contributed by atoms with E-state index in [2.05, 4.69) is 0 Å². The predicted molar refractivity (Wildman–Crippen MR) is 89.1 cm³/mol. The smallest absolute Gasteiger partial charge is 0.409 e. The molecule has 1 N–H and O–H groups in total. The summed E-state index contributed by atoms with van der Waals surface area (Å²) in [6.07, 6.45) is -0.212. The summed E-state index contributed by atoms with van der Waals surface area (Å²) in [4.78, 5) is 13.3. The number of aliphatic hydroxyl groups is 1. The molecule has 1 heterocycles. The van der Waals surface area contributed by atoms with Crippen molar-refractivity contribution in [3.8, 4) is 0 Å². The van der Waals surface area contributed by atoms with Crippen molar-refractivity contribution >= 4 is 13.5 Å². The Balaban J connectivity index is 2.95. The minimum absolute atomic E-state index is 0.111. The highest BCUT2D eigenvalue weighted by Gasteiger charge is 2.55. The third kappa shape index (κ3) is 4.70. The molecule has 1 amide bonds. The SMILES string of the molecule is CCOC(=O)N1CCC(O)(P(=O)(OCC)C(OCC)OCC)CC1. The molecule has 0 aliphatic carbocycles. The van der Waals surface area contributed by atoms with Crippen molar-refractivity contribution in [2.24, 2.45) is 0 Å². The molecule has 0 aromatic carbocycles. The molecule has 1 unspecified atom stereocenters. The summed E-state index contributed by atoms with van der Waals surface area (Å²) in [5, 5.41) is 9.45. The van der Waals surface area contributed by atoms with E-state index in [1.54, 1.807) is 27.7 Å². The van der Waals surface area contributed by atoms with E-state index >= 15 is 0 Å². The minimum Gasteiger partial charge on any atom is -0.450 e. The Hall–Kier alpha value is -0.660. The van der Waals surface area contributed by atoms with E-state index < -0.39 is 24.8 Å². The average Bonchev–Trinajstić information content (AvgIpc) is 2.55. The number of nitrogens with zero attached hydrogens (tertiary/aromatic N) is 1. The summed E-state index contributed by atoms with van der Waals surface area (Å²) in [5.41, 5.74) is 0. The van der Waals surface area contributed by atoms with Crippen molar-refractivity contribution in [2.45, 2.75) is 51.9 Å². The van der Waals surface area contributed by atoms with Crippen molar-refractivity contribution in [3.63, 3.8) is 0 Å². The first-order valence-electron chi connectivity index (χ1n) is 8.50. The molecule has 1 aliphatic rings. The normalized spacial score (nSPS) is 20.0. The minimum atomic E-state index is -3.69. The second kappa shape index (κ2) is 9.73. The van der Waals surface area contributed by atoms with E-state index in [9.17, 15) is 14.5 Å². The number of hydrogen-bond acceptors (Lipinski definition) is 7. The van der Waals surface area contributed by atoms with E-state index in [1.807, 2.05) is 0 Å². The maximum Gasteiger partial charge on any atom is 0.409 e. The number of amides is 1. The van der Waals surface area contributed by atoms with E-state index in [-0.39, 0.29) is 52.4 Å². The lowest BCUT2D eigenvalue weighted by molar-refractivity contribution is -0.0991. The average molecular weight is 367 g/mol. The number of ether oxygens (including phenoxy) is 3. The van der Waals surface area contributed by atoms with Gasteiger partial charge in [-0.15, -0.1) is 0 Å². The Morgan fingerprint density at radius 1 is 1.08 bits per heavy atom. The lowest BCUT2D eigenvalue weighted by atomic mass is 10.1. The summed E-state index contributed by atoms with van der Waals surface area (Å²) < 4.78 is 34.9. The molecule has 1 saturated heterocycles. The fraction of sp³-hybridized carbons (Fsp3) is 0.933. The van der Waals surface area contributed by atoms with Gasteiger partial charge in [-0.25, -0.2) is 4.79 Å². The van der Waals surface area contributed by atoms with Crippen molar-refractivity contribution in [1.82, 2.24) is 4.90 Å². The number of hydrogen-bond donors (Lipinski definition) is 1. The molecule has 1 fully saturated rings. The van der Waals surface area contributed by atoms with E-state index in [1.165, 1.54) is 4.90 Å². The molecule has 1 atom stereocenters. The lowest BCUT2D eigenvalue weighted by Gasteiger charge is -2.43. The molecule has 1 aliphatic heterocycles. The first kappa shape index (κ1) is 21.4. The molecule has 142 valence electrons. The van der Waals surface area contributed by atoms with Crippen LogP contribution in [0, 0.1) is 0 Å². The molecule has 1 rings (SSSR count). The first-order valence-corrected chi connectivity index (χ1v) is 10.2. The third-order valence-corrected chi connectivity index (χ3v) is 6.99. The Bertz CT molecular complexity index is 432. The predicted octanol–water partition coefficient (Wildman–Crippen LogP) is 2.60. The van der Waals surface area contributed by atoms with Crippen LogP contribution in [-0.2, 0) is 23.3 Å². The molecule has 8 nitrogen and oxygen atoms in total. The van der Waals surface area contributed by atoms with Crippen LogP contribution < -0.4 is 0 Å². The molecule has 0 radical (unpaired) electrons. The van der Waals surface area contributed by atoms with Gasteiger partial charge in [0.2, 0.25) is 6.03 Å². The number of piperidine rings is 1. The summed E-state index contributed by atoms with van der Waals surface area (Å²) in [7, 11) is -3.69. The van der Waals surface area contributed by atoms with Crippen LogP contribution in [0.5, 0.6) is 0 Å². The zero-order valence-corrected chi connectivity index (χ0v) is 15.9. The monoisotopic (exact) mass is 367 g/mol. The van der Waals surface area contributed by atoms with Crippen LogP contribution in [0.2, 0.25) is 0 Å². The van der Waals surface area contributed by atoms with Crippen molar-refractivity contribution in [2.75, 3.05) is 39.5 Å². The highest BCUT2D eigenvalue weighted by atomic mass is 31.2. The second-order valence-corrected chi connectivity index (χ2v) is 8.11. The molecular weight excluding hydrogens is 337 g/mol. The van der Waals surface area contributed by atoms with Crippen LogP contribution in [0.3, 0.4) is 0 Å². The summed E-state index contributed by atoms with van der Waals surface area (Å²) in [6, 6.07) is -1.12. The summed E-state index contributed by atoms with van der Waals surface area (Å²) in [6.45, 7) is 8.44. The van der Waals surface area contributed by atoms with Gasteiger partial charge in [-0.3, -0.25) is 4.57 Å². The molecule has 0 spiro atoms. The van der Waals surface area contributed by atoms with Crippen molar-refractivity contribution in [1.29, 1.82) is 0 Å². The van der Waals surface area contributed by atoms with Crippen LogP contribution in [0.4, 0.5) is 4.79 Å². The quantitative estimate of drug-likeness (QED) is 0.494. The fourth-order valence-electron chi connectivity index (χ4n) is 2.67. The summed E-state index contributed by atoms with van der Waals surface area (Å²) in [5.74, 6) is 0. The second-order valence-electron chi connectivity index (χ2n) is 5.40. The Morgan fingerprint density at radius 2 is 1.62 bits per heavy atom. The van der Waals surface area contributed by atoms with E-state index in [0.717, 1.165) is 0 Å². The Morgan fingerprint density at radius 3 is 2.04 bits per heavy atom.